The van der Waals surface area contributed by atoms with Crippen LogP contribution in [0.15, 0.2) is 10.9 Å². The van der Waals surface area contributed by atoms with E-state index in [1.165, 1.54) is 0 Å². The van der Waals surface area contributed by atoms with Crippen molar-refractivity contribution in [3.05, 3.63) is 22.1 Å². The van der Waals surface area contributed by atoms with Crippen LogP contribution in [0.3, 0.4) is 0 Å². The zero-order chi connectivity index (χ0) is 15.3. The molecule has 0 aliphatic rings. The lowest BCUT2D eigenvalue weighted by molar-refractivity contribution is 0.477. The SMILES string of the molecule is C#CCCC(C)(C)c1cc2c(=O)[nH]c(N)nc2[nH]1.CC. The van der Waals surface area contributed by atoms with Crippen molar-refractivity contribution in [1.82, 2.24) is 15.0 Å². The molecule has 0 radical (unpaired) electrons. The highest BCUT2D eigenvalue weighted by atomic mass is 16.1. The summed E-state index contributed by atoms with van der Waals surface area (Å²) in [7, 11) is 0. The number of anilines is 1. The van der Waals surface area contributed by atoms with Gasteiger partial charge in [-0.1, -0.05) is 27.7 Å². The fourth-order valence-electron chi connectivity index (χ4n) is 1.92. The summed E-state index contributed by atoms with van der Waals surface area (Å²) in [5.41, 5.74) is 6.61. The number of rotatable bonds is 3. The number of aromatic nitrogens is 3. The minimum atomic E-state index is -0.229. The van der Waals surface area contributed by atoms with E-state index in [1.807, 2.05) is 19.9 Å². The molecule has 0 aromatic carbocycles. The highest BCUT2D eigenvalue weighted by molar-refractivity contribution is 5.76. The second kappa shape index (κ2) is 6.29. The number of hydrogen-bond acceptors (Lipinski definition) is 3. The third-order valence-corrected chi connectivity index (χ3v) is 3.14. The number of aromatic amines is 2. The van der Waals surface area contributed by atoms with Gasteiger partial charge in [-0.25, -0.2) is 0 Å². The maximum atomic E-state index is 11.7. The van der Waals surface area contributed by atoms with Gasteiger partial charge in [-0.15, -0.1) is 12.3 Å². The molecule has 0 atom stereocenters. The number of nitrogen functional groups attached to an aromatic ring is 1. The minimum Gasteiger partial charge on any atom is -0.369 e. The summed E-state index contributed by atoms with van der Waals surface area (Å²) in [4.78, 5) is 21.4. The van der Waals surface area contributed by atoms with Crippen LogP contribution in [0.5, 0.6) is 0 Å². The zero-order valence-corrected chi connectivity index (χ0v) is 12.5. The molecule has 5 heteroatoms. The Morgan fingerprint density at radius 3 is 2.65 bits per heavy atom. The van der Waals surface area contributed by atoms with Gasteiger partial charge in [0.1, 0.15) is 5.65 Å². The van der Waals surface area contributed by atoms with Crippen molar-refractivity contribution in [3.63, 3.8) is 0 Å². The first kappa shape index (κ1) is 15.8. The number of nitrogens with zero attached hydrogens (tertiary/aromatic N) is 1. The first-order valence-electron chi connectivity index (χ1n) is 6.76. The molecule has 4 N–H and O–H groups in total. The molecule has 2 rings (SSSR count). The van der Waals surface area contributed by atoms with E-state index in [2.05, 4.69) is 34.7 Å². The highest BCUT2D eigenvalue weighted by Crippen LogP contribution is 2.28. The van der Waals surface area contributed by atoms with Crippen molar-refractivity contribution >= 4 is 17.0 Å². The molecule has 2 aromatic heterocycles. The summed E-state index contributed by atoms with van der Waals surface area (Å²) in [5.74, 6) is 2.74. The molecule has 0 unspecified atom stereocenters. The number of H-pyrrole nitrogens is 2. The number of fused-ring (bicyclic) bond motifs is 1. The Morgan fingerprint density at radius 1 is 1.40 bits per heavy atom. The largest absolute Gasteiger partial charge is 0.369 e. The molecule has 108 valence electrons. The number of nitrogens with one attached hydrogen (secondary N) is 2. The second-order valence-corrected chi connectivity index (χ2v) is 4.98. The summed E-state index contributed by atoms with van der Waals surface area (Å²) in [5, 5.41) is 0.521. The van der Waals surface area contributed by atoms with E-state index in [0.29, 0.717) is 17.5 Å². The molecule has 0 fully saturated rings. The van der Waals surface area contributed by atoms with Crippen LogP contribution in [-0.4, -0.2) is 15.0 Å². The van der Waals surface area contributed by atoms with Crippen molar-refractivity contribution in [2.24, 2.45) is 0 Å². The molecule has 20 heavy (non-hydrogen) atoms. The number of terminal acetylenes is 1. The second-order valence-electron chi connectivity index (χ2n) is 4.98. The van der Waals surface area contributed by atoms with Crippen LogP contribution in [0.1, 0.15) is 46.2 Å². The topological polar surface area (TPSA) is 87.6 Å². The van der Waals surface area contributed by atoms with Crippen molar-refractivity contribution in [2.45, 2.75) is 46.0 Å². The molecule has 2 heterocycles. The summed E-state index contributed by atoms with van der Waals surface area (Å²) >= 11 is 0. The quantitative estimate of drug-likeness (QED) is 0.752. The van der Waals surface area contributed by atoms with Crippen molar-refractivity contribution in [2.75, 3.05) is 5.73 Å². The predicted octanol–water partition coefficient (Wildman–Crippen LogP) is 2.55. The van der Waals surface area contributed by atoms with Crippen molar-refractivity contribution in [3.8, 4) is 12.3 Å². The van der Waals surface area contributed by atoms with E-state index in [4.69, 9.17) is 12.2 Å². The first-order chi connectivity index (χ1) is 9.44. The first-order valence-corrected chi connectivity index (χ1v) is 6.76. The van der Waals surface area contributed by atoms with E-state index in [9.17, 15) is 4.79 Å². The number of hydrogen-bond donors (Lipinski definition) is 3. The zero-order valence-electron chi connectivity index (χ0n) is 12.5. The Labute approximate surface area is 119 Å². The van der Waals surface area contributed by atoms with Gasteiger partial charge in [-0.05, 0) is 12.5 Å². The monoisotopic (exact) mass is 274 g/mol. The van der Waals surface area contributed by atoms with Gasteiger partial charge in [-0.2, -0.15) is 4.98 Å². The van der Waals surface area contributed by atoms with Crippen LogP contribution >= 0.6 is 0 Å². The summed E-state index contributed by atoms with van der Waals surface area (Å²) in [6.45, 7) is 8.15. The van der Waals surface area contributed by atoms with Crippen LogP contribution in [0.2, 0.25) is 0 Å². The van der Waals surface area contributed by atoms with Gasteiger partial charge in [0.15, 0.2) is 0 Å². The van der Waals surface area contributed by atoms with E-state index in [1.54, 1.807) is 0 Å². The normalized spacial score (nSPS) is 10.8. The van der Waals surface area contributed by atoms with Crippen LogP contribution < -0.4 is 11.3 Å². The van der Waals surface area contributed by atoms with Gasteiger partial charge in [0, 0.05) is 17.5 Å². The molecule has 5 nitrogen and oxygen atoms in total. The summed E-state index contributed by atoms with van der Waals surface area (Å²) < 4.78 is 0. The Kier molecular flexibility index (Phi) is 4.98. The number of nitrogens with two attached hydrogens (primary N) is 1. The lowest BCUT2D eigenvalue weighted by atomic mass is 9.84. The molecule has 0 aliphatic heterocycles. The lowest BCUT2D eigenvalue weighted by Crippen LogP contribution is -2.17. The van der Waals surface area contributed by atoms with E-state index in [0.717, 1.165) is 12.1 Å². The third-order valence-electron chi connectivity index (χ3n) is 3.14. The van der Waals surface area contributed by atoms with Crippen LogP contribution in [0, 0.1) is 12.3 Å². The van der Waals surface area contributed by atoms with Gasteiger partial charge >= 0.3 is 0 Å². The van der Waals surface area contributed by atoms with E-state index in [-0.39, 0.29) is 16.9 Å². The molecule has 0 saturated heterocycles. The van der Waals surface area contributed by atoms with Gasteiger partial charge in [-0.3, -0.25) is 9.78 Å². The predicted molar refractivity (Wildman–Crippen MR) is 83.6 cm³/mol. The minimum absolute atomic E-state index is 0.113. The van der Waals surface area contributed by atoms with Gasteiger partial charge in [0.05, 0.1) is 5.39 Å². The van der Waals surface area contributed by atoms with Crippen LogP contribution in [0.25, 0.3) is 11.0 Å². The van der Waals surface area contributed by atoms with Crippen LogP contribution in [0.4, 0.5) is 5.95 Å². The smallest absolute Gasteiger partial charge is 0.261 e. The van der Waals surface area contributed by atoms with Crippen LogP contribution in [-0.2, 0) is 5.41 Å². The fourth-order valence-corrected chi connectivity index (χ4v) is 1.92. The third kappa shape index (κ3) is 3.21. The van der Waals surface area contributed by atoms with E-state index < -0.39 is 0 Å². The van der Waals surface area contributed by atoms with Gasteiger partial charge in [0.25, 0.3) is 5.56 Å². The van der Waals surface area contributed by atoms with Gasteiger partial charge in [0.2, 0.25) is 5.95 Å². The molecule has 2 aromatic rings. The Hall–Kier alpha value is -2.22. The Morgan fingerprint density at radius 2 is 2.05 bits per heavy atom. The average molecular weight is 274 g/mol. The molecule has 0 spiro atoms. The standard InChI is InChI=1S/C13H16N4O.C2H6/c1-4-5-6-13(2,3)9-7-8-10(15-9)16-12(14)17-11(8)18;1-2/h1,7H,5-6H2,2-3H3,(H4,14,15,16,17,18);1-2H3. The van der Waals surface area contributed by atoms with Gasteiger partial charge < -0.3 is 10.7 Å². The molecule has 0 amide bonds. The molecule has 0 bridgehead atoms. The lowest BCUT2D eigenvalue weighted by Gasteiger charge is -2.21. The maximum Gasteiger partial charge on any atom is 0.261 e. The van der Waals surface area contributed by atoms with Crippen molar-refractivity contribution in [1.29, 1.82) is 0 Å². The highest BCUT2D eigenvalue weighted by Gasteiger charge is 2.23. The molecule has 0 aliphatic carbocycles. The Balaban J connectivity index is 0.000000956. The van der Waals surface area contributed by atoms with E-state index >= 15 is 0 Å². The van der Waals surface area contributed by atoms with Crippen molar-refractivity contribution < 1.29 is 0 Å². The maximum absolute atomic E-state index is 11.7. The molecule has 0 saturated carbocycles. The average Bonchev–Trinajstić information content (AvgIpc) is 2.84. The fraction of sp³-hybridized carbons (Fsp3) is 0.467. The summed E-state index contributed by atoms with van der Waals surface area (Å²) in [6.07, 6.45) is 6.81. The molecular formula is C15H22N4O. The molecular weight excluding hydrogens is 252 g/mol. The Bertz CT molecular complexity index is 673. The summed E-state index contributed by atoms with van der Waals surface area (Å²) in [6, 6.07) is 1.82.